The second kappa shape index (κ2) is 4.00. The number of nitrogens with two attached hydrogens (primary N) is 1. The van der Waals surface area contributed by atoms with Gasteiger partial charge < -0.3 is 10.3 Å². The first-order valence-electron chi connectivity index (χ1n) is 5.41. The lowest BCUT2D eigenvalue weighted by Gasteiger charge is -2.05. The Kier molecular flexibility index (Phi) is 2.69. The van der Waals surface area contributed by atoms with Crippen molar-refractivity contribution in [2.24, 2.45) is 7.05 Å². The summed E-state index contributed by atoms with van der Waals surface area (Å²) >= 11 is 0. The summed E-state index contributed by atoms with van der Waals surface area (Å²) in [5.74, 6) is 0.583. The van der Waals surface area contributed by atoms with Crippen LogP contribution in [0.15, 0.2) is 24.3 Å². The summed E-state index contributed by atoms with van der Waals surface area (Å²) in [6, 6.07) is 8.56. The van der Waals surface area contributed by atoms with Crippen LogP contribution < -0.4 is 5.73 Å². The highest BCUT2D eigenvalue weighted by molar-refractivity contribution is 5.33. The largest absolute Gasteiger partial charge is 0.369 e. The Morgan fingerprint density at radius 2 is 1.81 bits per heavy atom. The SMILES string of the molecule is Cc1ccc(Cc2c(C)nc(N)n2C)cc1. The molecule has 0 saturated heterocycles. The van der Waals surface area contributed by atoms with E-state index >= 15 is 0 Å². The summed E-state index contributed by atoms with van der Waals surface area (Å²) in [6.45, 7) is 4.09. The molecular formula is C13H17N3. The highest BCUT2D eigenvalue weighted by Crippen LogP contribution is 2.16. The van der Waals surface area contributed by atoms with Crippen LogP contribution in [0.4, 0.5) is 5.95 Å². The van der Waals surface area contributed by atoms with Gasteiger partial charge in [0.2, 0.25) is 0 Å². The third kappa shape index (κ3) is 1.94. The lowest BCUT2D eigenvalue weighted by Crippen LogP contribution is -2.02. The normalized spacial score (nSPS) is 10.7. The minimum atomic E-state index is 0.583. The van der Waals surface area contributed by atoms with Crippen LogP contribution in [0.25, 0.3) is 0 Å². The van der Waals surface area contributed by atoms with Gasteiger partial charge in [0.05, 0.1) is 5.69 Å². The molecule has 0 aliphatic heterocycles. The number of anilines is 1. The van der Waals surface area contributed by atoms with Crippen LogP contribution in [0.1, 0.15) is 22.5 Å². The second-order valence-corrected chi connectivity index (χ2v) is 4.22. The van der Waals surface area contributed by atoms with E-state index < -0.39 is 0 Å². The topological polar surface area (TPSA) is 43.8 Å². The number of nitrogen functional groups attached to an aromatic ring is 1. The van der Waals surface area contributed by atoms with Gasteiger partial charge in [-0.05, 0) is 19.4 Å². The Labute approximate surface area is 95.9 Å². The summed E-state index contributed by atoms with van der Waals surface area (Å²) < 4.78 is 1.95. The first kappa shape index (κ1) is 10.7. The van der Waals surface area contributed by atoms with Gasteiger partial charge in [-0.1, -0.05) is 29.8 Å². The van der Waals surface area contributed by atoms with Crippen LogP contribution >= 0.6 is 0 Å². The van der Waals surface area contributed by atoms with Gasteiger partial charge in [-0.25, -0.2) is 4.98 Å². The minimum absolute atomic E-state index is 0.583. The quantitative estimate of drug-likeness (QED) is 0.834. The summed E-state index contributed by atoms with van der Waals surface area (Å²) in [5.41, 5.74) is 10.5. The van der Waals surface area contributed by atoms with E-state index in [1.165, 1.54) is 16.8 Å². The Hall–Kier alpha value is -1.77. The maximum Gasteiger partial charge on any atom is 0.200 e. The zero-order valence-electron chi connectivity index (χ0n) is 9.99. The summed E-state index contributed by atoms with van der Waals surface area (Å²) in [6.07, 6.45) is 0.882. The molecule has 3 nitrogen and oxygen atoms in total. The van der Waals surface area contributed by atoms with Gasteiger partial charge in [0.15, 0.2) is 5.95 Å². The van der Waals surface area contributed by atoms with Crippen molar-refractivity contribution in [3.8, 4) is 0 Å². The van der Waals surface area contributed by atoms with Crippen molar-refractivity contribution in [2.75, 3.05) is 5.73 Å². The Balaban J connectivity index is 2.30. The van der Waals surface area contributed by atoms with Gasteiger partial charge >= 0.3 is 0 Å². The molecular weight excluding hydrogens is 198 g/mol. The number of aryl methyl sites for hydroxylation is 2. The number of rotatable bonds is 2. The van der Waals surface area contributed by atoms with Crippen LogP contribution in [0, 0.1) is 13.8 Å². The van der Waals surface area contributed by atoms with Crippen LogP contribution in [0.2, 0.25) is 0 Å². The molecule has 0 bridgehead atoms. The number of aromatic nitrogens is 2. The van der Waals surface area contributed by atoms with E-state index in [2.05, 4.69) is 36.2 Å². The van der Waals surface area contributed by atoms with E-state index in [0.29, 0.717) is 5.95 Å². The molecule has 0 spiro atoms. The average Bonchev–Trinajstić information content (AvgIpc) is 2.48. The minimum Gasteiger partial charge on any atom is -0.369 e. The van der Waals surface area contributed by atoms with Crippen molar-refractivity contribution < 1.29 is 0 Å². The number of nitrogens with zero attached hydrogens (tertiary/aromatic N) is 2. The predicted molar refractivity (Wildman–Crippen MR) is 66.3 cm³/mol. The molecule has 2 rings (SSSR count). The van der Waals surface area contributed by atoms with Crippen LogP contribution in [-0.4, -0.2) is 9.55 Å². The number of imidazole rings is 1. The van der Waals surface area contributed by atoms with E-state index in [9.17, 15) is 0 Å². The maximum absolute atomic E-state index is 5.77. The van der Waals surface area contributed by atoms with E-state index in [1.54, 1.807) is 0 Å². The zero-order chi connectivity index (χ0) is 11.7. The van der Waals surface area contributed by atoms with Gasteiger partial charge in [-0.3, -0.25) is 0 Å². The Morgan fingerprint density at radius 1 is 1.19 bits per heavy atom. The molecule has 84 valence electrons. The number of hydrogen-bond donors (Lipinski definition) is 1. The fourth-order valence-corrected chi connectivity index (χ4v) is 1.84. The molecule has 0 atom stereocenters. The number of benzene rings is 1. The van der Waals surface area contributed by atoms with E-state index in [4.69, 9.17) is 5.73 Å². The van der Waals surface area contributed by atoms with Gasteiger partial charge in [0, 0.05) is 19.2 Å². The van der Waals surface area contributed by atoms with Crippen molar-refractivity contribution in [3.63, 3.8) is 0 Å². The standard InChI is InChI=1S/C13H17N3/c1-9-4-6-11(7-5-9)8-12-10(2)15-13(14)16(12)3/h4-7H,8H2,1-3H3,(H2,14,15). The lowest BCUT2D eigenvalue weighted by molar-refractivity contribution is 0.853. The highest BCUT2D eigenvalue weighted by atomic mass is 15.1. The van der Waals surface area contributed by atoms with Crippen LogP contribution in [-0.2, 0) is 13.5 Å². The highest BCUT2D eigenvalue weighted by Gasteiger charge is 2.09. The molecule has 1 aromatic carbocycles. The first-order chi connectivity index (χ1) is 7.58. The smallest absolute Gasteiger partial charge is 0.200 e. The van der Waals surface area contributed by atoms with Gasteiger partial charge in [-0.2, -0.15) is 0 Å². The Morgan fingerprint density at radius 3 is 2.31 bits per heavy atom. The van der Waals surface area contributed by atoms with Gasteiger partial charge in [0.1, 0.15) is 0 Å². The fourth-order valence-electron chi connectivity index (χ4n) is 1.84. The molecule has 2 N–H and O–H groups in total. The van der Waals surface area contributed by atoms with Crippen molar-refractivity contribution in [1.82, 2.24) is 9.55 Å². The van der Waals surface area contributed by atoms with Crippen molar-refractivity contribution >= 4 is 5.95 Å². The number of hydrogen-bond acceptors (Lipinski definition) is 2. The third-order valence-electron chi connectivity index (χ3n) is 2.94. The molecule has 1 heterocycles. The van der Waals surface area contributed by atoms with E-state index in [-0.39, 0.29) is 0 Å². The molecule has 16 heavy (non-hydrogen) atoms. The predicted octanol–water partition coefficient (Wildman–Crippen LogP) is 2.21. The maximum atomic E-state index is 5.77. The van der Waals surface area contributed by atoms with E-state index in [1.807, 2.05) is 18.5 Å². The summed E-state index contributed by atoms with van der Waals surface area (Å²) in [4.78, 5) is 4.27. The van der Waals surface area contributed by atoms with E-state index in [0.717, 1.165) is 12.1 Å². The molecule has 0 unspecified atom stereocenters. The zero-order valence-corrected chi connectivity index (χ0v) is 9.99. The third-order valence-corrected chi connectivity index (χ3v) is 2.94. The van der Waals surface area contributed by atoms with Crippen molar-refractivity contribution in [2.45, 2.75) is 20.3 Å². The molecule has 1 aromatic heterocycles. The molecule has 2 aromatic rings. The van der Waals surface area contributed by atoms with Gasteiger partial charge in [-0.15, -0.1) is 0 Å². The van der Waals surface area contributed by atoms with Crippen molar-refractivity contribution in [1.29, 1.82) is 0 Å². The first-order valence-corrected chi connectivity index (χ1v) is 5.41. The molecule has 3 heteroatoms. The fraction of sp³-hybridized carbons (Fsp3) is 0.308. The summed E-state index contributed by atoms with van der Waals surface area (Å²) in [7, 11) is 1.96. The Bertz CT molecular complexity index is 495. The monoisotopic (exact) mass is 215 g/mol. The van der Waals surface area contributed by atoms with Crippen LogP contribution in [0.5, 0.6) is 0 Å². The van der Waals surface area contributed by atoms with Crippen molar-refractivity contribution in [3.05, 3.63) is 46.8 Å². The lowest BCUT2D eigenvalue weighted by atomic mass is 10.1. The molecule has 0 fully saturated rings. The second-order valence-electron chi connectivity index (χ2n) is 4.22. The average molecular weight is 215 g/mol. The molecule has 0 amide bonds. The van der Waals surface area contributed by atoms with Crippen LogP contribution in [0.3, 0.4) is 0 Å². The molecule has 0 saturated carbocycles. The van der Waals surface area contributed by atoms with Gasteiger partial charge in [0.25, 0.3) is 0 Å². The molecule has 0 aliphatic rings. The molecule has 0 aliphatic carbocycles. The molecule has 0 radical (unpaired) electrons. The summed E-state index contributed by atoms with van der Waals surface area (Å²) in [5, 5.41) is 0.